The van der Waals surface area contributed by atoms with Crippen molar-refractivity contribution in [1.29, 1.82) is 0 Å². The molecular weight excluding hydrogens is 430 g/mol. The molecule has 2 aliphatic rings. The van der Waals surface area contributed by atoms with Crippen LogP contribution in [0.4, 0.5) is 0 Å². The fraction of sp³-hybridized carbons (Fsp3) is 0.815. The van der Waals surface area contributed by atoms with E-state index < -0.39 is 35.4 Å². The number of nitrogens with zero attached hydrogens (tertiary/aromatic N) is 1. The van der Waals surface area contributed by atoms with Gasteiger partial charge in [-0.25, -0.2) is 0 Å². The quantitative estimate of drug-likeness (QED) is 0.444. The molecule has 0 unspecified atom stereocenters. The van der Waals surface area contributed by atoms with Gasteiger partial charge in [0.2, 0.25) is 17.7 Å². The molecule has 0 saturated carbocycles. The Balaban J connectivity index is 2.56. The van der Waals surface area contributed by atoms with Gasteiger partial charge < -0.3 is 20.6 Å². The van der Waals surface area contributed by atoms with Gasteiger partial charge in [0.15, 0.2) is 0 Å². The summed E-state index contributed by atoms with van der Waals surface area (Å²) in [6.45, 7) is 16.2. The van der Waals surface area contributed by atoms with Crippen LogP contribution in [0.15, 0.2) is 12.2 Å². The number of carbonyl (C=O) groups excluding carboxylic acids is 3. The number of fused-ring (bicyclic) bond motifs is 1. The smallest absolute Gasteiger partial charge is 0.243 e. The summed E-state index contributed by atoms with van der Waals surface area (Å²) in [6, 6.07) is -1.24. The normalized spacial score (nSPS) is 28.9. The Morgan fingerprint density at radius 3 is 2.21 bits per heavy atom. The van der Waals surface area contributed by atoms with Crippen molar-refractivity contribution in [2.75, 3.05) is 13.7 Å². The van der Waals surface area contributed by atoms with Crippen molar-refractivity contribution < 1.29 is 19.5 Å². The van der Waals surface area contributed by atoms with Gasteiger partial charge in [0, 0.05) is 18.5 Å². The first-order chi connectivity index (χ1) is 15.7. The Morgan fingerprint density at radius 2 is 1.74 bits per heavy atom. The molecule has 1 saturated heterocycles. The van der Waals surface area contributed by atoms with Crippen molar-refractivity contribution in [2.24, 2.45) is 35.0 Å². The number of hydrogen-bond acceptors (Lipinski definition) is 4. The minimum absolute atomic E-state index is 0.0105. The number of rotatable bonds is 9. The first kappa shape index (κ1) is 28.3. The topological polar surface area (TPSA) is 98.7 Å². The zero-order chi connectivity index (χ0) is 26.0. The lowest BCUT2D eigenvalue weighted by atomic mass is 9.68. The lowest BCUT2D eigenvalue weighted by Gasteiger charge is -2.39. The van der Waals surface area contributed by atoms with E-state index in [1.54, 1.807) is 11.9 Å². The van der Waals surface area contributed by atoms with Crippen LogP contribution in [-0.2, 0) is 14.4 Å². The third kappa shape index (κ3) is 5.84. The number of likely N-dealkylation sites (tertiary alicyclic amines) is 1. The van der Waals surface area contributed by atoms with Crippen LogP contribution in [-0.4, -0.2) is 59.0 Å². The summed E-state index contributed by atoms with van der Waals surface area (Å²) in [5.41, 5.74) is -0.462. The molecule has 0 aromatic rings. The Bertz CT molecular complexity index is 785. The molecule has 3 N–H and O–H groups in total. The molecule has 7 heteroatoms. The van der Waals surface area contributed by atoms with E-state index in [1.807, 2.05) is 46.8 Å². The maximum absolute atomic E-state index is 14.0. The zero-order valence-corrected chi connectivity index (χ0v) is 22.6. The van der Waals surface area contributed by atoms with E-state index in [9.17, 15) is 19.5 Å². The van der Waals surface area contributed by atoms with E-state index in [0.717, 1.165) is 19.3 Å². The van der Waals surface area contributed by atoms with Crippen molar-refractivity contribution in [3.05, 3.63) is 12.2 Å². The Morgan fingerprint density at radius 1 is 1.12 bits per heavy atom. The monoisotopic (exact) mass is 477 g/mol. The van der Waals surface area contributed by atoms with Gasteiger partial charge in [0.05, 0.1) is 24.5 Å². The second kappa shape index (κ2) is 10.8. The molecule has 194 valence electrons. The van der Waals surface area contributed by atoms with Gasteiger partial charge in [-0.15, -0.1) is 0 Å². The van der Waals surface area contributed by atoms with E-state index in [4.69, 9.17) is 0 Å². The van der Waals surface area contributed by atoms with Crippen LogP contribution in [0.2, 0.25) is 0 Å². The van der Waals surface area contributed by atoms with Crippen LogP contribution in [0.5, 0.6) is 0 Å². The number of aliphatic hydroxyl groups is 1. The molecule has 1 aliphatic carbocycles. The summed E-state index contributed by atoms with van der Waals surface area (Å²) in [4.78, 5) is 42.4. The number of hydrogen-bond donors (Lipinski definition) is 3. The summed E-state index contributed by atoms with van der Waals surface area (Å²) in [7, 11) is 1.59. The van der Waals surface area contributed by atoms with Crippen LogP contribution in [0, 0.1) is 35.0 Å². The molecule has 1 heterocycles. The summed E-state index contributed by atoms with van der Waals surface area (Å²) in [5, 5.41) is 16.3. The molecule has 0 bridgehead atoms. The Labute approximate surface area is 206 Å². The lowest BCUT2D eigenvalue weighted by molar-refractivity contribution is -0.144. The average molecular weight is 478 g/mol. The fourth-order valence-corrected chi connectivity index (χ4v) is 6.31. The van der Waals surface area contributed by atoms with E-state index in [-0.39, 0.29) is 41.6 Å². The number of allylic oxidation sites excluding steroid dienone is 1. The van der Waals surface area contributed by atoms with Gasteiger partial charge in [-0.1, -0.05) is 60.1 Å². The van der Waals surface area contributed by atoms with E-state index in [1.165, 1.54) is 0 Å². The van der Waals surface area contributed by atoms with E-state index in [0.29, 0.717) is 0 Å². The molecule has 7 nitrogen and oxygen atoms in total. The third-order valence-corrected chi connectivity index (χ3v) is 7.62. The molecule has 0 radical (unpaired) electrons. The van der Waals surface area contributed by atoms with Crippen LogP contribution < -0.4 is 10.6 Å². The highest BCUT2D eigenvalue weighted by molar-refractivity contribution is 5.97. The standard InChI is InChI=1S/C27H47N3O4/c1-10-16(3)19(14-31)30-22(24(33)29-27(7,8)15-26(4,5)6)18-13-12-17(11-2)20(23(32)28-9)21(18)25(30)34/h12-13,16-22,31H,10-11,14-15H2,1-9H3,(H,28,32)(H,29,33)/t16-,17+,18-,19-,20+,21-,22-/m0/s1. The fourth-order valence-electron chi connectivity index (χ4n) is 6.31. The van der Waals surface area contributed by atoms with Crippen molar-refractivity contribution in [3.8, 4) is 0 Å². The van der Waals surface area contributed by atoms with Gasteiger partial charge in [-0.2, -0.15) is 0 Å². The SMILES string of the molecule is CC[C@H](C)[C@H](CO)N1C(=O)[C@H]2[C@H](C=C[C@@H](CC)[C@H]2C(=O)NC)[C@H]1C(=O)NC(C)(C)CC(C)(C)C. The summed E-state index contributed by atoms with van der Waals surface area (Å²) in [6.07, 6.45) is 6.25. The first-order valence-electron chi connectivity index (χ1n) is 12.9. The van der Waals surface area contributed by atoms with Crippen LogP contribution in [0.3, 0.4) is 0 Å². The molecule has 0 aromatic carbocycles. The lowest BCUT2D eigenvalue weighted by Crippen LogP contribution is -2.58. The van der Waals surface area contributed by atoms with Gasteiger partial charge in [0.1, 0.15) is 6.04 Å². The van der Waals surface area contributed by atoms with Crippen molar-refractivity contribution >= 4 is 17.7 Å². The molecule has 3 amide bonds. The highest BCUT2D eigenvalue weighted by Gasteiger charge is 2.59. The molecule has 1 aliphatic heterocycles. The summed E-state index contributed by atoms with van der Waals surface area (Å²) in [5.74, 6) is -2.20. The van der Waals surface area contributed by atoms with Gasteiger partial charge in [0.25, 0.3) is 0 Å². The number of nitrogens with one attached hydrogen (secondary N) is 2. The van der Waals surface area contributed by atoms with Gasteiger partial charge in [-0.3, -0.25) is 14.4 Å². The first-order valence-corrected chi connectivity index (χ1v) is 12.9. The molecule has 7 atom stereocenters. The molecule has 34 heavy (non-hydrogen) atoms. The van der Waals surface area contributed by atoms with E-state index >= 15 is 0 Å². The molecular formula is C27H47N3O4. The maximum Gasteiger partial charge on any atom is 0.243 e. The summed E-state index contributed by atoms with van der Waals surface area (Å²) >= 11 is 0. The largest absolute Gasteiger partial charge is 0.394 e. The van der Waals surface area contributed by atoms with Crippen molar-refractivity contribution in [3.63, 3.8) is 0 Å². The molecule has 2 rings (SSSR count). The zero-order valence-electron chi connectivity index (χ0n) is 22.6. The Kier molecular flexibility index (Phi) is 9.00. The van der Waals surface area contributed by atoms with Crippen LogP contribution in [0.1, 0.15) is 74.7 Å². The Hall–Kier alpha value is -1.89. The van der Waals surface area contributed by atoms with Gasteiger partial charge in [-0.05, 0) is 43.9 Å². The maximum atomic E-state index is 14.0. The average Bonchev–Trinajstić information content (AvgIpc) is 3.03. The number of amides is 3. The molecule has 1 fully saturated rings. The van der Waals surface area contributed by atoms with E-state index in [2.05, 4.69) is 31.4 Å². The number of aliphatic hydroxyl groups excluding tert-OH is 1. The molecule has 0 aromatic heterocycles. The predicted octanol–water partition coefficient (Wildman–Crippen LogP) is 3.13. The van der Waals surface area contributed by atoms with Crippen LogP contribution >= 0.6 is 0 Å². The highest BCUT2D eigenvalue weighted by Crippen LogP contribution is 2.46. The molecule has 0 spiro atoms. The minimum Gasteiger partial charge on any atom is -0.394 e. The van der Waals surface area contributed by atoms with Gasteiger partial charge >= 0.3 is 0 Å². The number of carbonyl (C=O) groups is 3. The van der Waals surface area contributed by atoms with Crippen molar-refractivity contribution in [2.45, 2.75) is 92.3 Å². The predicted molar refractivity (Wildman–Crippen MR) is 135 cm³/mol. The van der Waals surface area contributed by atoms with Crippen molar-refractivity contribution in [1.82, 2.24) is 15.5 Å². The third-order valence-electron chi connectivity index (χ3n) is 7.62. The highest BCUT2D eigenvalue weighted by atomic mass is 16.3. The second-order valence-corrected chi connectivity index (χ2v) is 12.1. The second-order valence-electron chi connectivity index (χ2n) is 12.1. The summed E-state index contributed by atoms with van der Waals surface area (Å²) < 4.78 is 0. The minimum atomic E-state index is -0.760. The van der Waals surface area contributed by atoms with Crippen LogP contribution in [0.25, 0.3) is 0 Å².